The van der Waals surface area contributed by atoms with Crippen LogP contribution in [0.15, 0.2) is 30.3 Å². The summed E-state index contributed by atoms with van der Waals surface area (Å²) in [4.78, 5) is 12.7. The average Bonchev–Trinajstić information content (AvgIpc) is 2.32. The Morgan fingerprint density at radius 2 is 1.81 bits per heavy atom. The number of amides is 1. The Morgan fingerprint density at radius 3 is 2.12 bits per heavy atom. The van der Waals surface area contributed by atoms with Gasteiger partial charge in [0.2, 0.25) is 5.91 Å². The molecule has 0 radical (unpaired) electrons. The summed E-state index contributed by atoms with van der Waals surface area (Å²) in [6.07, 6.45) is 0. The summed E-state index contributed by atoms with van der Waals surface area (Å²) in [5, 5.41) is 0. The Morgan fingerprint density at radius 1 is 1.25 bits per heavy atom. The molecule has 1 aromatic carbocycles. The number of primary amides is 1. The zero-order valence-corrected chi connectivity index (χ0v) is 9.56. The molecule has 2 N–H and O–H groups in total. The maximum Gasteiger partial charge on any atom is 0.248 e. The summed E-state index contributed by atoms with van der Waals surface area (Å²) in [6.45, 7) is 4.02. The van der Waals surface area contributed by atoms with Gasteiger partial charge >= 0.3 is 0 Å². The number of benzene rings is 1. The lowest BCUT2D eigenvalue weighted by Crippen LogP contribution is -2.32. The lowest BCUT2D eigenvalue weighted by atomic mass is 10.2. The minimum Gasteiger partial charge on any atom is -0.379 e. The van der Waals surface area contributed by atoms with Gasteiger partial charge in [0.25, 0.3) is 0 Å². The van der Waals surface area contributed by atoms with Crippen LogP contribution in [0.2, 0.25) is 0 Å². The van der Waals surface area contributed by atoms with Crippen molar-refractivity contribution in [2.75, 3.05) is 33.4 Å². The zero-order valence-electron chi connectivity index (χ0n) is 9.56. The second-order valence-corrected chi connectivity index (χ2v) is 3.65. The first-order valence-electron chi connectivity index (χ1n) is 5.31. The quantitative estimate of drug-likeness (QED) is 0.762. The molecule has 0 aromatic heterocycles. The number of ether oxygens (including phenoxy) is 1. The van der Waals surface area contributed by atoms with Crippen LogP contribution in [0.1, 0.15) is 10.4 Å². The van der Waals surface area contributed by atoms with Crippen molar-refractivity contribution in [2.24, 2.45) is 5.73 Å². The van der Waals surface area contributed by atoms with E-state index in [2.05, 4.69) is 11.9 Å². The summed E-state index contributed by atoms with van der Waals surface area (Å²) in [5.74, 6) is -0.379. The van der Waals surface area contributed by atoms with Gasteiger partial charge in [0.15, 0.2) is 0 Å². The molecule has 4 nitrogen and oxygen atoms in total. The summed E-state index contributed by atoms with van der Waals surface area (Å²) in [5.41, 5.74) is 5.53. The molecule has 0 saturated carbocycles. The van der Waals surface area contributed by atoms with E-state index < -0.39 is 0 Å². The van der Waals surface area contributed by atoms with Crippen LogP contribution in [0.5, 0.6) is 0 Å². The van der Waals surface area contributed by atoms with Gasteiger partial charge in [0.05, 0.1) is 13.2 Å². The Balaban J connectivity index is 0.000000165. The number of rotatable bonds is 1. The number of morpholine rings is 1. The number of nitrogens with two attached hydrogens (primary N) is 1. The van der Waals surface area contributed by atoms with E-state index in [4.69, 9.17) is 10.5 Å². The van der Waals surface area contributed by atoms with Crippen molar-refractivity contribution >= 4 is 5.91 Å². The molecule has 1 aliphatic rings. The number of carbonyl (C=O) groups is 1. The van der Waals surface area contributed by atoms with Gasteiger partial charge in [-0.25, -0.2) is 0 Å². The first-order valence-corrected chi connectivity index (χ1v) is 5.31. The van der Waals surface area contributed by atoms with Gasteiger partial charge < -0.3 is 15.4 Å². The molecule has 16 heavy (non-hydrogen) atoms. The van der Waals surface area contributed by atoms with Gasteiger partial charge in [0.1, 0.15) is 0 Å². The first-order chi connectivity index (χ1) is 7.70. The number of nitrogens with zero attached hydrogens (tertiary/aromatic N) is 1. The molecule has 1 aromatic rings. The minimum absolute atomic E-state index is 0.379. The van der Waals surface area contributed by atoms with Crippen molar-refractivity contribution in [2.45, 2.75) is 0 Å². The predicted octanol–water partition coefficient (Wildman–Crippen LogP) is 0.734. The molecule has 0 atom stereocenters. The van der Waals surface area contributed by atoms with Crippen molar-refractivity contribution in [3.63, 3.8) is 0 Å². The predicted molar refractivity (Wildman–Crippen MR) is 63.3 cm³/mol. The van der Waals surface area contributed by atoms with Crippen LogP contribution in [0.25, 0.3) is 0 Å². The van der Waals surface area contributed by atoms with Crippen LogP contribution < -0.4 is 5.73 Å². The van der Waals surface area contributed by atoms with Crippen LogP contribution in [0, 0.1) is 0 Å². The third-order valence-electron chi connectivity index (χ3n) is 2.29. The molecule has 0 aliphatic carbocycles. The maximum atomic E-state index is 10.4. The monoisotopic (exact) mass is 222 g/mol. The molecule has 0 bridgehead atoms. The molecule has 1 heterocycles. The third-order valence-corrected chi connectivity index (χ3v) is 2.29. The van der Waals surface area contributed by atoms with Crippen molar-refractivity contribution < 1.29 is 9.53 Å². The fraction of sp³-hybridized carbons (Fsp3) is 0.417. The largest absolute Gasteiger partial charge is 0.379 e. The highest BCUT2D eigenvalue weighted by atomic mass is 16.5. The van der Waals surface area contributed by atoms with E-state index in [0.29, 0.717) is 5.56 Å². The van der Waals surface area contributed by atoms with Gasteiger partial charge in [0, 0.05) is 18.7 Å². The standard InChI is InChI=1S/C7H7NO.C5H11NO/c8-7(9)6-4-2-1-3-5-6;1-6-2-4-7-5-3-6/h1-5H,(H2,8,9);2-5H2,1H3. The molecule has 1 amide bonds. The van der Waals surface area contributed by atoms with E-state index in [0.717, 1.165) is 26.3 Å². The fourth-order valence-electron chi connectivity index (χ4n) is 1.26. The Kier molecular flexibility index (Phi) is 5.53. The second kappa shape index (κ2) is 6.98. The summed E-state index contributed by atoms with van der Waals surface area (Å²) < 4.78 is 5.10. The van der Waals surface area contributed by atoms with E-state index >= 15 is 0 Å². The van der Waals surface area contributed by atoms with E-state index in [1.807, 2.05) is 6.07 Å². The van der Waals surface area contributed by atoms with Gasteiger partial charge in [-0.15, -0.1) is 0 Å². The number of hydrogen-bond acceptors (Lipinski definition) is 3. The third kappa shape index (κ3) is 4.91. The highest BCUT2D eigenvalue weighted by molar-refractivity contribution is 5.92. The highest BCUT2D eigenvalue weighted by Gasteiger charge is 2.02. The Labute approximate surface area is 96.0 Å². The van der Waals surface area contributed by atoms with Crippen LogP contribution >= 0.6 is 0 Å². The maximum absolute atomic E-state index is 10.4. The molecule has 1 aliphatic heterocycles. The lowest BCUT2D eigenvalue weighted by molar-refractivity contribution is 0.0503. The zero-order chi connectivity index (χ0) is 11.8. The molecule has 0 spiro atoms. The van der Waals surface area contributed by atoms with Crippen molar-refractivity contribution in [1.29, 1.82) is 0 Å². The molecule has 2 rings (SSSR count). The molecule has 0 unspecified atom stereocenters. The highest BCUT2D eigenvalue weighted by Crippen LogP contribution is 1.94. The van der Waals surface area contributed by atoms with Crippen LogP contribution in [0.4, 0.5) is 0 Å². The van der Waals surface area contributed by atoms with Gasteiger partial charge in [-0.05, 0) is 19.2 Å². The average molecular weight is 222 g/mol. The van der Waals surface area contributed by atoms with Crippen molar-refractivity contribution in [1.82, 2.24) is 4.90 Å². The summed E-state index contributed by atoms with van der Waals surface area (Å²) in [6, 6.07) is 8.76. The van der Waals surface area contributed by atoms with E-state index in [9.17, 15) is 4.79 Å². The van der Waals surface area contributed by atoms with Gasteiger partial charge in [-0.2, -0.15) is 0 Å². The first kappa shape index (κ1) is 12.7. The topological polar surface area (TPSA) is 55.6 Å². The second-order valence-electron chi connectivity index (χ2n) is 3.65. The molecular formula is C12H18N2O2. The fourth-order valence-corrected chi connectivity index (χ4v) is 1.26. The number of hydrogen-bond donors (Lipinski definition) is 1. The smallest absolute Gasteiger partial charge is 0.248 e. The van der Waals surface area contributed by atoms with E-state index in [1.54, 1.807) is 24.3 Å². The van der Waals surface area contributed by atoms with E-state index in [1.165, 1.54) is 0 Å². The normalized spacial score (nSPS) is 16.1. The van der Waals surface area contributed by atoms with Crippen molar-refractivity contribution in [3.05, 3.63) is 35.9 Å². The molecule has 1 saturated heterocycles. The lowest BCUT2D eigenvalue weighted by Gasteiger charge is -2.21. The van der Waals surface area contributed by atoms with Crippen LogP contribution in [-0.4, -0.2) is 44.2 Å². The SMILES string of the molecule is CN1CCOCC1.NC(=O)c1ccccc1. The van der Waals surface area contributed by atoms with E-state index in [-0.39, 0.29) is 5.91 Å². The Bertz CT molecular complexity index is 308. The van der Waals surface area contributed by atoms with Crippen LogP contribution in [0.3, 0.4) is 0 Å². The summed E-state index contributed by atoms with van der Waals surface area (Å²) >= 11 is 0. The number of carbonyl (C=O) groups excluding carboxylic acids is 1. The molecule has 4 heteroatoms. The van der Waals surface area contributed by atoms with Gasteiger partial charge in [-0.1, -0.05) is 18.2 Å². The van der Waals surface area contributed by atoms with Crippen molar-refractivity contribution in [3.8, 4) is 0 Å². The van der Waals surface area contributed by atoms with Crippen LogP contribution in [-0.2, 0) is 4.74 Å². The summed E-state index contributed by atoms with van der Waals surface area (Å²) in [7, 11) is 2.11. The Hall–Kier alpha value is -1.39. The molecular weight excluding hydrogens is 204 g/mol. The minimum atomic E-state index is -0.379. The molecule has 1 fully saturated rings. The van der Waals surface area contributed by atoms with Gasteiger partial charge in [-0.3, -0.25) is 4.79 Å². The number of likely N-dealkylation sites (N-methyl/N-ethyl adjacent to an activating group) is 1. The molecule has 88 valence electrons.